The van der Waals surface area contributed by atoms with Crippen LogP contribution in [0.1, 0.15) is 11.1 Å². The molecule has 0 unspecified atom stereocenters. The van der Waals surface area contributed by atoms with E-state index in [4.69, 9.17) is 11.6 Å². The van der Waals surface area contributed by atoms with Crippen molar-refractivity contribution in [2.45, 2.75) is 24.2 Å². The van der Waals surface area contributed by atoms with E-state index < -0.39 is 0 Å². The van der Waals surface area contributed by atoms with Gasteiger partial charge in [0.15, 0.2) is 0 Å². The molecule has 0 aliphatic carbocycles. The second-order valence-corrected chi connectivity index (χ2v) is 12.3. The fourth-order valence-electron chi connectivity index (χ4n) is 5.03. The first-order valence-corrected chi connectivity index (χ1v) is 15.3. The van der Waals surface area contributed by atoms with Crippen molar-refractivity contribution in [1.82, 2.24) is 42.5 Å². The summed E-state index contributed by atoms with van der Waals surface area (Å²) in [5.41, 5.74) is 2.33. The smallest absolute Gasteiger partial charge is 0.0561 e. The van der Waals surface area contributed by atoms with E-state index in [0.717, 1.165) is 96.6 Å². The highest BCUT2D eigenvalue weighted by molar-refractivity contribution is 14.1. The molecular weight excluding hydrogens is 611 g/mol. The SMILES string of the molecule is Clc1ccc(CNC23CNCCNCC(NCc4ccc(I)cc4)(CNCCNC2)CNCCNC3)cc1. The zero-order valence-electron chi connectivity index (χ0n) is 22.3. The number of benzene rings is 2. The van der Waals surface area contributed by atoms with Crippen LogP contribution in [0, 0.1) is 3.57 Å². The van der Waals surface area contributed by atoms with Gasteiger partial charge in [-0.05, 0) is 58.0 Å². The number of hydrogen-bond acceptors (Lipinski definition) is 8. The number of halogens is 2. The van der Waals surface area contributed by atoms with Crippen molar-refractivity contribution in [3.8, 4) is 0 Å². The Morgan fingerprint density at radius 2 is 0.868 bits per heavy atom. The molecule has 0 amide bonds. The maximum atomic E-state index is 6.10. The minimum absolute atomic E-state index is 0.0961. The average molecular weight is 655 g/mol. The Kier molecular flexibility index (Phi) is 12.5. The minimum Gasteiger partial charge on any atom is -0.314 e. The summed E-state index contributed by atoms with van der Waals surface area (Å²) in [5, 5.41) is 31.0. The number of hydrogen-bond donors (Lipinski definition) is 8. The van der Waals surface area contributed by atoms with Gasteiger partial charge in [-0.3, -0.25) is 0 Å². The van der Waals surface area contributed by atoms with Gasteiger partial charge < -0.3 is 42.5 Å². The molecule has 8 N–H and O–H groups in total. The summed E-state index contributed by atoms with van der Waals surface area (Å²) in [4.78, 5) is 0. The maximum absolute atomic E-state index is 6.10. The fraction of sp³-hybridized carbons (Fsp3) is 0.571. The quantitative estimate of drug-likeness (QED) is 0.218. The molecule has 2 aromatic rings. The van der Waals surface area contributed by atoms with E-state index in [1.54, 1.807) is 0 Å². The van der Waals surface area contributed by atoms with Gasteiger partial charge in [0.2, 0.25) is 0 Å². The second-order valence-electron chi connectivity index (χ2n) is 10.6. The van der Waals surface area contributed by atoms with Gasteiger partial charge in [0, 0.05) is 100 Å². The molecule has 3 aliphatic heterocycles. The summed E-state index contributed by atoms with van der Waals surface area (Å²) in [7, 11) is 0. The third-order valence-electron chi connectivity index (χ3n) is 7.38. The predicted molar refractivity (Wildman–Crippen MR) is 167 cm³/mol. The third-order valence-corrected chi connectivity index (χ3v) is 8.35. The lowest BCUT2D eigenvalue weighted by Gasteiger charge is -2.39. The van der Waals surface area contributed by atoms with Crippen LogP contribution in [0.4, 0.5) is 0 Å². The molecular formula is C28H44ClIN8. The lowest BCUT2D eigenvalue weighted by molar-refractivity contribution is 0.253. The van der Waals surface area contributed by atoms with Crippen molar-refractivity contribution in [3.63, 3.8) is 0 Å². The van der Waals surface area contributed by atoms with Crippen LogP contribution in [0.2, 0.25) is 5.02 Å². The fourth-order valence-corrected chi connectivity index (χ4v) is 5.52. The van der Waals surface area contributed by atoms with Crippen LogP contribution in [0.15, 0.2) is 48.5 Å². The third kappa shape index (κ3) is 9.96. The number of rotatable bonds is 6. The molecule has 3 saturated heterocycles. The molecule has 0 aromatic heterocycles. The molecule has 3 fully saturated rings. The second kappa shape index (κ2) is 15.8. The van der Waals surface area contributed by atoms with Gasteiger partial charge in [-0.15, -0.1) is 0 Å². The van der Waals surface area contributed by atoms with Crippen LogP contribution in [-0.4, -0.2) is 89.6 Å². The van der Waals surface area contributed by atoms with Crippen LogP contribution < -0.4 is 42.5 Å². The highest BCUT2D eigenvalue weighted by Crippen LogP contribution is 2.12. The highest BCUT2D eigenvalue weighted by atomic mass is 127. The zero-order valence-corrected chi connectivity index (χ0v) is 25.2. The monoisotopic (exact) mass is 654 g/mol. The van der Waals surface area contributed by atoms with Crippen molar-refractivity contribution in [1.29, 1.82) is 0 Å². The van der Waals surface area contributed by atoms with Crippen molar-refractivity contribution in [3.05, 3.63) is 68.3 Å². The van der Waals surface area contributed by atoms with E-state index in [1.165, 1.54) is 14.7 Å². The van der Waals surface area contributed by atoms with Gasteiger partial charge in [-0.1, -0.05) is 35.9 Å². The van der Waals surface area contributed by atoms with Gasteiger partial charge >= 0.3 is 0 Å². The van der Waals surface area contributed by atoms with Crippen molar-refractivity contribution >= 4 is 34.2 Å². The standard InChI is InChI=1S/C28H44ClIN8/c29-25-5-1-23(2-6-25)15-37-27-17-31-9-12-34-20-28(21-35-13-10-32-18-27,22-36-14-11-33-19-27)38-16-24-3-7-26(30)8-4-24/h1-8,31-38H,9-22H2. The van der Waals surface area contributed by atoms with E-state index in [2.05, 4.69) is 102 Å². The van der Waals surface area contributed by atoms with Gasteiger partial charge in [0.05, 0.1) is 11.1 Å². The first-order valence-electron chi connectivity index (χ1n) is 13.8. The first kappa shape index (κ1) is 30.1. The van der Waals surface area contributed by atoms with Crippen LogP contribution in [0.3, 0.4) is 0 Å². The topological polar surface area (TPSA) is 96.2 Å². The summed E-state index contributed by atoms with van der Waals surface area (Å²) in [6.07, 6.45) is 0. The number of fused-ring (bicyclic) bond motifs is 15. The van der Waals surface area contributed by atoms with Gasteiger partial charge in [0.25, 0.3) is 0 Å². The molecule has 3 aliphatic rings. The van der Waals surface area contributed by atoms with E-state index in [0.29, 0.717) is 0 Å². The highest BCUT2D eigenvalue weighted by Gasteiger charge is 2.31. The molecule has 0 atom stereocenters. The first-order chi connectivity index (χ1) is 18.6. The largest absolute Gasteiger partial charge is 0.314 e. The molecule has 38 heavy (non-hydrogen) atoms. The molecule has 10 heteroatoms. The van der Waals surface area contributed by atoms with Crippen LogP contribution in [0.25, 0.3) is 0 Å². The molecule has 8 nitrogen and oxygen atoms in total. The average Bonchev–Trinajstić information content (AvgIpc) is 2.93. The molecule has 210 valence electrons. The molecule has 5 rings (SSSR count). The van der Waals surface area contributed by atoms with E-state index >= 15 is 0 Å². The maximum Gasteiger partial charge on any atom is 0.0561 e. The molecule has 0 radical (unpaired) electrons. The van der Waals surface area contributed by atoms with Crippen molar-refractivity contribution in [2.75, 3.05) is 78.5 Å². The summed E-state index contributed by atoms with van der Waals surface area (Å²) in [5.74, 6) is 0. The van der Waals surface area contributed by atoms with E-state index in [1.807, 2.05) is 12.1 Å². The van der Waals surface area contributed by atoms with Crippen LogP contribution in [-0.2, 0) is 13.1 Å². The summed E-state index contributed by atoms with van der Waals surface area (Å²) in [6.45, 7) is 12.4. The van der Waals surface area contributed by atoms with Gasteiger partial charge in [-0.2, -0.15) is 0 Å². The Hall–Kier alpha value is -0.860. The molecule has 0 saturated carbocycles. The Labute approximate surface area is 246 Å². The molecule has 0 spiro atoms. The van der Waals surface area contributed by atoms with E-state index in [9.17, 15) is 0 Å². The molecule has 3 heterocycles. The van der Waals surface area contributed by atoms with Crippen molar-refractivity contribution in [2.24, 2.45) is 0 Å². The minimum atomic E-state index is -0.118. The lowest BCUT2D eigenvalue weighted by atomic mass is 9.96. The van der Waals surface area contributed by atoms with Crippen molar-refractivity contribution < 1.29 is 0 Å². The molecule has 2 aromatic carbocycles. The summed E-state index contributed by atoms with van der Waals surface area (Å²) in [6, 6.07) is 16.9. The Balaban J connectivity index is 1.43. The zero-order chi connectivity index (χ0) is 26.5. The summed E-state index contributed by atoms with van der Waals surface area (Å²) < 4.78 is 1.27. The van der Waals surface area contributed by atoms with E-state index in [-0.39, 0.29) is 11.1 Å². The van der Waals surface area contributed by atoms with Crippen LogP contribution in [0.5, 0.6) is 0 Å². The van der Waals surface area contributed by atoms with Crippen LogP contribution >= 0.6 is 34.2 Å². The normalized spacial score (nSPS) is 26.5. The predicted octanol–water partition coefficient (Wildman–Crippen LogP) is 0.866. The van der Waals surface area contributed by atoms with Gasteiger partial charge in [-0.25, -0.2) is 0 Å². The molecule has 2 bridgehead atoms. The number of nitrogens with one attached hydrogen (secondary N) is 8. The Bertz CT molecular complexity index is 822. The Morgan fingerprint density at radius 1 is 0.553 bits per heavy atom. The van der Waals surface area contributed by atoms with Gasteiger partial charge in [0.1, 0.15) is 0 Å². The lowest BCUT2D eigenvalue weighted by Crippen LogP contribution is -2.66. The summed E-state index contributed by atoms with van der Waals surface area (Å²) >= 11 is 8.47. The Morgan fingerprint density at radius 3 is 1.21 bits per heavy atom.